The molecule has 0 saturated carbocycles. The van der Waals surface area contributed by atoms with Gasteiger partial charge in [0.15, 0.2) is 35.4 Å². The summed E-state index contributed by atoms with van der Waals surface area (Å²) in [4.78, 5) is 25.6. The second-order valence-electron chi connectivity index (χ2n) is 11.8. The Morgan fingerprint density at radius 3 is 1.76 bits per heavy atom. The van der Waals surface area contributed by atoms with Crippen LogP contribution in [0.4, 0.5) is 0 Å². The SMILES string of the molecule is COc1cc(/C=C/C(=O)OC[C@H]2O[C@H](O[C@]3(CO)O[C@H](CO)[C@@H](O)[C@@H]3OC(=O)/C=C/c3cc(OC)c(OC)c(OC)c3)[C@H](O)[C@@H](O)[C@@H]2O)cc(OC)c1O. The molecular weight excluding hydrogens is 724 g/mol. The number of hydrogen-bond donors (Lipinski definition) is 7. The van der Waals surface area contributed by atoms with Gasteiger partial charge < -0.3 is 83.1 Å². The number of aromatic hydroxyl groups is 1. The Morgan fingerprint density at radius 1 is 0.722 bits per heavy atom. The number of phenols is 1. The van der Waals surface area contributed by atoms with Crippen molar-refractivity contribution in [1.82, 2.24) is 0 Å². The molecular formula is C35H44O19. The van der Waals surface area contributed by atoms with Gasteiger partial charge in [0.05, 0.1) is 42.2 Å². The van der Waals surface area contributed by atoms with Crippen LogP contribution in [0.15, 0.2) is 36.4 Å². The molecule has 2 saturated heterocycles. The van der Waals surface area contributed by atoms with Crippen molar-refractivity contribution in [2.45, 2.75) is 54.8 Å². The summed E-state index contributed by atoms with van der Waals surface area (Å²) in [6, 6.07) is 5.92. The van der Waals surface area contributed by atoms with Crippen LogP contribution in [-0.2, 0) is 33.3 Å². The molecule has 2 fully saturated rings. The maximum atomic E-state index is 13.0. The average Bonchev–Trinajstić information content (AvgIpc) is 3.44. The van der Waals surface area contributed by atoms with Crippen molar-refractivity contribution in [1.29, 1.82) is 0 Å². The summed E-state index contributed by atoms with van der Waals surface area (Å²) in [7, 11) is 6.89. The Bertz CT molecular complexity index is 1610. The summed E-state index contributed by atoms with van der Waals surface area (Å²) in [5.41, 5.74) is 0.803. The van der Waals surface area contributed by atoms with E-state index in [2.05, 4.69) is 0 Å². The first-order valence-corrected chi connectivity index (χ1v) is 16.2. The lowest BCUT2D eigenvalue weighted by atomic mass is 9.98. The van der Waals surface area contributed by atoms with Gasteiger partial charge in [-0.25, -0.2) is 9.59 Å². The van der Waals surface area contributed by atoms with E-state index in [0.29, 0.717) is 28.4 Å². The van der Waals surface area contributed by atoms with Gasteiger partial charge in [-0.15, -0.1) is 0 Å². The standard InChI is InChI=1S/C35H44O19/c1-45-19-10-17(11-20(46-2)27(19)40)6-8-25(38)50-15-24-28(41)30(43)31(44)34(51-24)54-35(16-37)33(29(42)23(14-36)53-35)52-26(39)9-7-18-12-21(47-3)32(49-5)22(13-18)48-4/h6-13,23-24,28-31,33-34,36-37,40-44H,14-16H2,1-5H3/b8-6+,9-7+/t23-,24-,28-,29-,30+,31-,33+,34-,35+/m1/s1. The Balaban J connectivity index is 1.49. The van der Waals surface area contributed by atoms with Crippen LogP contribution >= 0.6 is 0 Å². The lowest BCUT2D eigenvalue weighted by Gasteiger charge is -2.43. The van der Waals surface area contributed by atoms with Crippen LogP contribution in [0.1, 0.15) is 11.1 Å². The number of phenolic OH excluding ortho intramolecular Hbond substituents is 1. The molecule has 54 heavy (non-hydrogen) atoms. The van der Waals surface area contributed by atoms with Crippen LogP contribution in [-0.4, -0.2) is 158 Å². The molecule has 19 heteroatoms. The van der Waals surface area contributed by atoms with E-state index in [4.69, 9.17) is 47.4 Å². The molecule has 0 radical (unpaired) electrons. The summed E-state index contributed by atoms with van der Waals surface area (Å²) in [6.07, 6.45) is -9.75. The molecule has 0 spiro atoms. The molecule has 2 aromatic rings. The predicted octanol–water partition coefficient (Wildman–Crippen LogP) is -1.12. The van der Waals surface area contributed by atoms with Gasteiger partial charge in [0.1, 0.15) is 49.8 Å². The monoisotopic (exact) mass is 768 g/mol. The topological polar surface area (TPSA) is 268 Å². The van der Waals surface area contributed by atoms with Crippen LogP contribution in [0.5, 0.6) is 34.5 Å². The van der Waals surface area contributed by atoms with E-state index >= 15 is 0 Å². The van der Waals surface area contributed by atoms with Gasteiger partial charge in [-0.1, -0.05) is 0 Å². The molecule has 0 amide bonds. The number of carbonyl (C=O) groups is 2. The number of rotatable bonds is 16. The van der Waals surface area contributed by atoms with Crippen molar-refractivity contribution in [3.05, 3.63) is 47.5 Å². The van der Waals surface area contributed by atoms with Gasteiger partial charge in [0, 0.05) is 12.2 Å². The summed E-state index contributed by atoms with van der Waals surface area (Å²) in [5, 5.41) is 73.3. The predicted molar refractivity (Wildman–Crippen MR) is 182 cm³/mol. The normalized spacial score (nSPS) is 28.2. The molecule has 2 aliphatic rings. The van der Waals surface area contributed by atoms with Crippen LogP contribution in [0.3, 0.4) is 0 Å². The van der Waals surface area contributed by atoms with E-state index in [0.717, 1.165) is 12.2 Å². The average molecular weight is 769 g/mol. The van der Waals surface area contributed by atoms with Crippen LogP contribution in [0.2, 0.25) is 0 Å². The van der Waals surface area contributed by atoms with Crippen LogP contribution in [0.25, 0.3) is 12.2 Å². The zero-order valence-electron chi connectivity index (χ0n) is 29.9. The number of ether oxygens (including phenoxy) is 10. The number of aliphatic hydroxyl groups excluding tert-OH is 6. The van der Waals surface area contributed by atoms with Crippen molar-refractivity contribution in [2.75, 3.05) is 55.4 Å². The van der Waals surface area contributed by atoms with E-state index in [1.807, 2.05) is 0 Å². The third-order valence-electron chi connectivity index (χ3n) is 8.51. The highest BCUT2D eigenvalue weighted by atomic mass is 16.8. The van der Waals surface area contributed by atoms with Crippen molar-refractivity contribution in [3.8, 4) is 34.5 Å². The molecule has 9 atom stereocenters. The van der Waals surface area contributed by atoms with E-state index in [1.165, 1.54) is 72.0 Å². The van der Waals surface area contributed by atoms with Gasteiger partial charge in [0.25, 0.3) is 0 Å². The van der Waals surface area contributed by atoms with Crippen LogP contribution in [0, 0.1) is 0 Å². The molecule has 2 aliphatic heterocycles. The van der Waals surface area contributed by atoms with E-state index in [-0.39, 0.29) is 17.2 Å². The number of aliphatic hydroxyl groups is 6. The van der Waals surface area contributed by atoms with Gasteiger partial charge in [-0.2, -0.15) is 0 Å². The van der Waals surface area contributed by atoms with E-state index in [1.54, 1.807) is 0 Å². The largest absolute Gasteiger partial charge is 0.502 e. The third-order valence-corrected chi connectivity index (χ3v) is 8.51. The zero-order chi connectivity index (χ0) is 39.7. The van der Waals surface area contributed by atoms with Gasteiger partial charge >= 0.3 is 11.9 Å². The smallest absolute Gasteiger partial charge is 0.331 e. The minimum atomic E-state index is -2.49. The fourth-order valence-electron chi connectivity index (χ4n) is 5.67. The first-order chi connectivity index (χ1) is 25.8. The minimum Gasteiger partial charge on any atom is -0.502 e. The van der Waals surface area contributed by atoms with E-state index in [9.17, 15) is 45.3 Å². The van der Waals surface area contributed by atoms with Crippen molar-refractivity contribution in [3.63, 3.8) is 0 Å². The molecule has 4 rings (SSSR count). The Hall–Kier alpha value is -4.70. The second kappa shape index (κ2) is 18.6. The molecule has 0 aromatic heterocycles. The van der Waals surface area contributed by atoms with Crippen molar-refractivity contribution < 1.29 is 92.7 Å². The number of methoxy groups -OCH3 is 5. The maximum Gasteiger partial charge on any atom is 0.331 e. The molecule has 7 N–H and O–H groups in total. The number of carbonyl (C=O) groups excluding carboxylic acids is 2. The number of esters is 2. The number of hydrogen-bond acceptors (Lipinski definition) is 19. The Morgan fingerprint density at radius 2 is 1.26 bits per heavy atom. The summed E-state index contributed by atoms with van der Waals surface area (Å²) < 4.78 is 53.6. The fourth-order valence-corrected chi connectivity index (χ4v) is 5.67. The highest BCUT2D eigenvalue weighted by Crippen LogP contribution is 2.40. The summed E-state index contributed by atoms with van der Waals surface area (Å²) in [6.45, 7) is -2.65. The molecule has 0 aliphatic carbocycles. The van der Waals surface area contributed by atoms with Crippen LogP contribution < -0.4 is 23.7 Å². The zero-order valence-corrected chi connectivity index (χ0v) is 29.9. The molecule has 2 heterocycles. The van der Waals surface area contributed by atoms with Gasteiger partial charge in [-0.3, -0.25) is 0 Å². The van der Waals surface area contributed by atoms with Crippen molar-refractivity contribution in [2.24, 2.45) is 0 Å². The van der Waals surface area contributed by atoms with Crippen molar-refractivity contribution >= 4 is 24.1 Å². The highest BCUT2D eigenvalue weighted by molar-refractivity contribution is 5.88. The van der Waals surface area contributed by atoms with Gasteiger partial charge in [0.2, 0.25) is 17.3 Å². The molecule has 0 bridgehead atoms. The minimum absolute atomic E-state index is 0.0773. The quantitative estimate of drug-likeness (QED) is 0.0788. The summed E-state index contributed by atoms with van der Waals surface area (Å²) >= 11 is 0. The highest BCUT2D eigenvalue weighted by Gasteiger charge is 2.60. The maximum absolute atomic E-state index is 13.0. The van der Waals surface area contributed by atoms with Gasteiger partial charge in [-0.05, 0) is 47.5 Å². The number of benzene rings is 2. The lowest BCUT2D eigenvalue weighted by molar-refractivity contribution is -0.383. The first kappa shape index (κ1) is 42.0. The molecule has 0 unspecified atom stereocenters. The molecule has 19 nitrogen and oxygen atoms in total. The van der Waals surface area contributed by atoms with E-state index < -0.39 is 86.6 Å². The molecule has 298 valence electrons. The summed E-state index contributed by atoms with van der Waals surface area (Å²) in [5.74, 6) is -3.69. The fraction of sp³-hybridized carbons (Fsp3) is 0.486. The Labute approximate surface area is 309 Å². The Kier molecular flexibility index (Phi) is 14.5. The lowest BCUT2D eigenvalue weighted by Crippen LogP contribution is -2.63. The second-order valence-corrected chi connectivity index (χ2v) is 11.8. The molecule has 2 aromatic carbocycles. The first-order valence-electron chi connectivity index (χ1n) is 16.2. The third kappa shape index (κ3) is 9.14.